The maximum Gasteiger partial charge on any atom is 0.119 e. The summed E-state index contributed by atoms with van der Waals surface area (Å²) in [6.07, 6.45) is 0. The molecule has 0 unspecified atom stereocenters. The molecule has 1 aromatic heterocycles. The summed E-state index contributed by atoms with van der Waals surface area (Å²) in [4.78, 5) is 6.70. The number of nitrogen functional groups attached to an aromatic ring is 1. The molecule has 1 aromatic carbocycles. The average Bonchev–Trinajstić information content (AvgIpc) is 2.41. The molecule has 0 aliphatic carbocycles. The first-order valence-electron chi connectivity index (χ1n) is 6.62. The molecule has 0 radical (unpaired) electrons. The van der Waals surface area contributed by atoms with E-state index in [1.54, 1.807) is 7.11 Å². The lowest BCUT2D eigenvalue weighted by atomic mass is 10.1. The Kier molecular flexibility index (Phi) is 4.58. The van der Waals surface area contributed by atoms with E-state index in [0.29, 0.717) is 0 Å². The van der Waals surface area contributed by atoms with Crippen molar-refractivity contribution in [3.63, 3.8) is 0 Å². The second kappa shape index (κ2) is 6.39. The third-order valence-corrected chi connectivity index (χ3v) is 3.17. The zero-order chi connectivity index (χ0) is 14.5. The van der Waals surface area contributed by atoms with Crippen LogP contribution in [0.4, 0.5) is 5.69 Å². The van der Waals surface area contributed by atoms with Crippen molar-refractivity contribution in [1.82, 2.24) is 9.88 Å². The highest BCUT2D eigenvalue weighted by atomic mass is 16.5. The lowest BCUT2D eigenvalue weighted by Crippen LogP contribution is -2.19. The number of benzene rings is 1. The van der Waals surface area contributed by atoms with Crippen molar-refractivity contribution in [3.8, 4) is 5.75 Å². The quantitative estimate of drug-likeness (QED) is 0.849. The molecule has 0 bridgehead atoms. The Morgan fingerprint density at radius 2 is 2.00 bits per heavy atom. The normalized spacial score (nSPS) is 10.8. The smallest absolute Gasteiger partial charge is 0.119 e. The van der Waals surface area contributed by atoms with E-state index in [-0.39, 0.29) is 0 Å². The van der Waals surface area contributed by atoms with E-state index >= 15 is 0 Å². The highest BCUT2D eigenvalue weighted by Gasteiger charge is 2.07. The van der Waals surface area contributed by atoms with Crippen molar-refractivity contribution in [2.24, 2.45) is 0 Å². The maximum atomic E-state index is 6.01. The van der Waals surface area contributed by atoms with Crippen LogP contribution in [0.3, 0.4) is 0 Å². The van der Waals surface area contributed by atoms with Gasteiger partial charge in [-0.3, -0.25) is 9.88 Å². The molecule has 2 aromatic rings. The first kappa shape index (κ1) is 14.3. The summed E-state index contributed by atoms with van der Waals surface area (Å²) in [7, 11) is 3.72. The van der Waals surface area contributed by atoms with Gasteiger partial charge in [-0.15, -0.1) is 0 Å². The summed E-state index contributed by atoms with van der Waals surface area (Å²) in [6.45, 7) is 3.56. The fourth-order valence-corrected chi connectivity index (χ4v) is 2.16. The number of hydrogen-bond acceptors (Lipinski definition) is 4. The maximum absolute atomic E-state index is 6.01. The highest BCUT2D eigenvalue weighted by Crippen LogP contribution is 2.21. The summed E-state index contributed by atoms with van der Waals surface area (Å²) in [5.41, 5.74) is 9.97. The molecule has 0 spiro atoms. The third kappa shape index (κ3) is 3.71. The minimum absolute atomic E-state index is 0.763. The van der Waals surface area contributed by atoms with Crippen LogP contribution in [0.5, 0.6) is 5.75 Å². The molecular weight excluding hydrogens is 250 g/mol. The molecule has 1 heterocycles. The summed E-state index contributed by atoms with van der Waals surface area (Å²) >= 11 is 0. The Hall–Kier alpha value is -2.07. The molecule has 2 N–H and O–H groups in total. The number of aryl methyl sites for hydroxylation is 1. The summed E-state index contributed by atoms with van der Waals surface area (Å²) in [6, 6.07) is 11.8. The predicted octanol–water partition coefficient (Wildman–Crippen LogP) is 2.61. The van der Waals surface area contributed by atoms with Gasteiger partial charge in [0.25, 0.3) is 0 Å². The predicted molar refractivity (Wildman–Crippen MR) is 81.6 cm³/mol. The number of hydrogen-bond donors (Lipinski definition) is 1. The van der Waals surface area contributed by atoms with Crippen molar-refractivity contribution in [3.05, 3.63) is 53.3 Å². The zero-order valence-electron chi connectivity index (χ0n) is 12.3. The molecule has 0 atom stereocenters. The molecule has 0 fully saturated rings. The largest absolute Gasteiger partial charge is 0.497 e. The van der Waals surface area contributed by atoms with Gasteiger partial charge < -0.3 is 10.5 Å². The molecule has 0 saturated heterocycles. The van der Waals surface area contributed by atoms with Crippen molar-refractivity contribution in [1.29, 1.82) is 0 Å². The molecule has 106 valence electrons. The van der Waals surface area contributed by atoms with Gasteiger partial charge in [0.1, 0.15) is 5.75 Å². The number of nitrogens with two attached hydrogens (primary N) is 1. The van der Waals surface area contributed by atoms with E-state index in [0.717, 1.165) is 41.5 Å². The van der Waals surface area contributed by atoms with Crippen molar-refractivity contribution in [2.45, 2.75) is 20.0 Å². The molecule has 0 aliphatic heterocycles. The lowest BCUT2D eigenvalue weighted by molar-refractivity contribution is 0.314. The molecular formula is C16H21N3O. The highest BCUT2D eigenvalue weighted by molar-refractivity contribution is 5.50. The first-order valence-corrected chi connectivity index (χ1v) is 6.62. The third-order valence-electron chi connectivity index (χ3n) is 3.17. The van der Waals surface area contributed by atoms with Crippen molar-refractivity contribution < 1.29 is 4.74 Å². The van der Waals surface area contributed by atoms with E-state index in [2.05, 4.69) is 16.9 Å². The van der Waals surface area contributed by atoms with Gasteiger partial charge in [-0.1, -0.05) is 6.07 Å². The number of ether oxygens (including phenoxy) is 1. The van der Waals surface area contributed by atoms with Gasteiger partial charge in [0, 0.05) is 24.5 Å². The molecule has 0 saturated carbocycles. The second-order valence-electron chi connectivity index (χ2n) is 5.01. The van der Waals surface area contributed by atoms with Crippen LogP contribution in [-0.2, 0) is 13.1 Å². The van der Waals surface area contributed by atoms with E-state index < -0.39 is 0 Å². The molecule has 2 rings (SSSR count). The Bertz CT molecular complexity index is 584. The van der Waals surface area contributed by atoms with Crippen LogP contribution in [-0.4, -0.2) is 24.0 Å². The Morgan fingerprint density at radius 3 is 2.70 bits per heavy atom. The second-order valence-corrected chi connectivity index (χ2v) is 5.01. The molecule has 4 heteroatoms. The summed E-state index contributed by atoms with van der Waals surface area (Å²) < 4.78 is 5.24. The van der Waals surface area contributed by atoms with Crippen molar-refractivity contribution >= 4 is 5.69 Å². The fraction of sp³-hybridized carbons (Fsp3) is 0.312. The van der Waals surface area contributed by atoms with Gasteiger partial charge >= 0.3 is 0 Å². The van der Waals surface area contributed by atoms with E-state index in [4.69, 9.17) is 10.5 Å². The van der Waals surface area contributed by atoms with Gasteiger partial charge in [-0.05, 0) is 49.9 Å². The number of anilines is 1. The Balaban J connectivity index is 2.06. The molecule has 0 amide bonds. The van der Waals surface area contributed by atoms with Gasteiger partial charge in [0.15, 0.2) is 0 Å². The SMILES string of the molecule is COc1ccc(N)c(CN(C)Cc2cccc(C)n2)c1. The average molecular weight is 271 g/mol. The van der Waals surface area contributed by atoms with Crippen LogP contribution < -0.4 is 10.5 Å². The minimum Gasteiger partial charge on any atom is -0.497 e. The summed E-state index contributed by atoms with van der Waals surface area (Å²) in [5, 5.41) is 0. The number of pyridine rings is 1. The van der Waals surface area contributed by atoms with Crippen LogP contribution >= 0.6 is 0 Å². The lowest BCUT2D eigenvalue weighted by Gasteiger charge is -2.18. The Labute approximate surface area is 120 Å². The standard InChI is InChI=1S/C16H21N3O/c1-12-5-4-6-14(18-12)11-19(2)10-13-9-15(20-3)7-8-16(13)17/h4-9H,10-11,17H2,1-3H3. The van der Waals surface area contributed by atoms with Crippen LogP contribution in [0.15, 0.2) is 36.4 Å². The van der Waals surface area contributed by atoms with Crippen LogP contribution in [0, 0.1) is 6.92 Å². The minimum atomic E-state index is 0.763. The zero-order valence-corrected chi connectivity index (χ0v) is 12.3. The van der Waals surface area contributed by atoms with Crippen LogP contribution in [0.25, 0.3) is 0 Å². The molecule has 20 heavy (non-hydrogen) atoms. The number of aromatic nitrogens is 1. The van der Waals surface area contributed by atoms with Gasteiger partial charge in [-0.25, -0.2) is 0 Å². The number of rotatable bonds is 5. The van der Waals surface area contributed by atoms with Gasteiger partial charge in [-0.2, -0.15) is 0 Å². The van der Waals surface area contributed by atoms with Crippen LogP contribution in [0.1, 0.15) is 17.0 Å². The van der Waals surface area contributed by atoms with Gasteiger partial charge in [0.2, 0.25) is 0 Å². The van der Waals surface area contributed by atoms with E-state index in [1.165, 1.54) is 0 Å². The van der Waals surface area contributed by atoms with Gasteiger partial charge in [0.05, 0.1) is 12.8 Å². The molecule has 4 nitrogen and oxygen atoms in total. The summed E-state index contributed by atoms with van der Waals surface area (Å²) in [5.74, 6) is 0.830. The van der Waals surface area contributed by atoms with E-state index in [1.807, 2.05) is 43.3 Å². The Morgan fingerprint density at radius 1 is 1.20 bits per heavy atom. The van der Waals surface area contributed by atoms with Crippen molar-refractivity contribution in [2.75, 3.05) is 19.9 Å². The monoisotopic (exact) mass is 271 g/mol. The number of methoxy groups -OCH3 is 1. The van der Waals surface area contributed by atoms with Crippen LogP contribution in [0.2, 0.25) is 0 Å². The first-order chi connectivity index (χ1) is 9.58. The number of nitrogens with zero attached hydrogens (tertiary/aromatic N) is 2. The fourth-order valence-electron chi connectivity index (χ4n) is 2.16. The molecule has 0 aliphatic rings. The van der Waals surface area contributed by atoms with E-state index in [9.17, 15) is 0 Å². The topological polar surface area (TPSA) is 51.4 Å².